The highest BCUT2D eigenvalue weighted by Gasteiger charge is 2.32. The lowest BCUT2D eigenvalue weighted by molar-refractivity contribution is -0.133. The number of carbonyl (C=O) groups is 1. The number of methoxy groups -OCH3 is 1. The fourth-order valence-corrected chi connectivity index (χ4v) is 2.75. The molecule has 2 unspecified atom stereocenters. The van der Waals surface area contributed by atoms with Gasteiger partial charge in [0.15, 0.2) is 0 Å². The largest absolute Gasteiger partial charge is 0.385 e. The number of hydrogen-bond donors (Lipinski definition) is 1. The van der Waals surface area contributed by atoms with E-state index >= 15 is 0 Å². The summed E-state index contributed by atoms with van der Waals surface area (Å²) < 4.78 is 5.00. The lowest BCUT2D eigenvalue weighted by atomic mass is 10.0. The minimum Gasteiger partial charge on any atom is -0.385 e. The zero-order valence-corrected chi connectivity index (χ0v) is 12.0. The fourth-order valence-electron chi connectivity index (χ4n) is 2.75. The highest BCUT2D eigenvalue weighted by Crippen LogP contribution is 2.32. The average molecular weight is 277 g/mol. The van der Waals surface area contributed by atoms with Crippen molar-refractivity contribution in [3.05, 3.63) is 30.1 Å². The first kappa shape index (κ1) is 14.9. The number of amides is 1. The van der Waals surface area contributed by atoms with E-state index in [0.717, 1.165) is 31.4 Å². The van der Waals surface area contributed by atoms with Crippen molar-refractivity contribution in [1.29, 1.82) is 0 Å². The van der Waals surface area contributed by atoms with E-state index in [4.69, 9.17) is 10.5 Å². The number of nitrogens with zero attached hydrogens (tertiary/aromatic N) is 2. The SMILES string of the molecule is COCCCC(N)C(=O)N1CCCC1c1ccncc1. The van der Waals surface area contributed by atoms with Crippen molar-refractivity contribution in [1.82, 2.24) is 9.88 Å². The summed E-state index contributed by atoms with van der Waals surface area (Å²) in [6.45, 7) is 1.44. The van der Waals surface area contributed by atoms with Crippen molar-refractivity contribution in [3.8, 4) is 0 Å². The maximum absolute atomic E-state index is 12.5. The molecule has 2 atom stereocenters. The Kier molecular flexibility index (Phi) is 5.49. The van der Waals surface area contributed by atoms with E-state index in [0.29, 0.717) is 13.0 Å². The summed E-state index contributed by atoms with van der Waals surface area (Å²) in [5.74, 6) is 0.0559. The lowest BCUT2D eigenvalue weighted by Crippen LogP contribution is -2.43. The lowest BCUT2D eigenvalue weighted by Gasteiger charge is -2.27. The molecule has 0 aliphatic carbocycles. The van der Waals surface area contributed by atoms with Crippen molar-refractivity contribution < 1.29 is 9.53 Å². The zero-order chi connectivity index (χ0) is 14.4. The second kappa shape index (κ2) is 7.36. The second-order valence-corrected chi connectivity index (χ2v) is 5.21. The van der Waals surface area contributed by atoms with Gasteiger partial charge in [0.2, 0.25) is 5.91 Å². The molecule has 1 fully saturated rings. The summed E-state index contributed by atoms with van der Waals surface area (Å²) >= 11 is 0. The number of rotatable bonds is 6. The van der Waals surface area contributed by atoms with Gasteiger partial charge in [0, 0.05) is 32.7 Å². The molecule has 5 heteroatoms. The predicted molar refractivity (Wildman–Crippen MR) is 77.0 cm³/mol. The first-order chi connectivity index (χ1) is 9.74. The zero-order valence-electron chi connectivity index (χ0n) is 12.0. The van der Waals surface area contributed by atoms with Gasteiger partial charge in [0.25, 0.3) is 0 Å². The van der Waals surface area contributed by atoms with E-state index in [9.17, 15) is 4.79 Å². The van der Waals surface area contributed by atoms with Crippen LogP contribution in [0.5, 0.6) is 0 Å². The van der Waals surface area contributed by atoms with Crippen LogP contribution >= 0.6 is 0 Å². The van der Waals surface area contributed by atoms with Gasteiger partial charge in [-0.25, -0.2) is 0 Å². The van der Waals surface area contributed by atoms with Gasteiger partial charge in [-0.1, -0.05) is 0 Å². The summed E-state index contributed by atoms with van der Waals surface area (Å²) in [6.07, 6.45) is 7.07. The molecule has 0 radical (unpaired) electrons. The summed E-state index contributed by atoms with van der Waals surface area (Å²) in [4.78, 5) is 18.4. The summed E-state index contributed by atoms with van der Waals surface area (Å²) in [6, 6.07) is 3.69. The minimum atomic E-state index is -0.424. The van der Waals surface area contributed by atoms with Crippen molar-refractivity contribution in [3.63, 3.8) is 0 Å². The van der Waals surface area contributed by atoms with E-state index < -0.39 is 6.04 Å². The number of carbonyl (C=O) groups excluding carboxylic acids is 1. The molecule has 1 aliphatic heterocycles. The van der Waals surface area contributed by atoms with E-state index in [2.05, 4.69) is 4.98 Å². The fraction of sp³-hybridized carbons (Fsp3) is 0.600. The first-order valence-electron chi connectivity index (χ1n) is 7.19. The molecule has 2 rings (SSSR count). The smallest absolute Gasteiger partial charge is 0.239 e. The molecule has 110 valence electrons. The summed E-state index contributed by atoms with van der Waals surface area (Å²) in [7, 11) is 1.66. The Morgan fingerprint density at radius 1 is 1.55 bits per heavy atom. The molecule has 1 saturated heterocycles. The Bertz CT molecular complexity index is 424. The highest BCUT2D eigenvalue weighted by atomic mass is 16.5. The number of likely N-dealkylation sites (tertiary alicyclic amines) is 1. The quantitative estimate of drug-likeness (QED) is 0.800. The van der Waals surface area contributed by atoms with Gasteiger partial charge in [-0.3, -0.25) is 9.78 Å². The molecule has 20 heavy (non-hydrogen) atoms. The molecule has 2 heterocycles. The first-order valence-corrected chi connectivity index (χ1v) is 7.19. The molecule has 1 aliphatic rings. The van der Waals surface area contributed by atoms with Gasteiger partial charge < -0.3 is 15.4 Å². The molecular weight excluding hydrogens is 254 g/mol. The van der Waals surface area contributed by atoms with Crippen LogP contribution in [0.15, 0.2) is 24.5 Å². The van der Waals surface area contributed by atoms with Crippen LogP contribution in [-0.2, 0) is 9.53 Å². The van der Waals surface area contributed by atoms with E-state index in [1.54, 1.807) is 19.5 Å². The number of aromatic nitrogens is 1. The summed E-state index contributed by atoms with van der Waals surface area (Å²) in [5.41, 5.74) is 7.17. The molecule has 5 nitrogen and oxygen atoms in total. The molecule has 0 saturated carbocycles. The molecule has 1 amide bonds. The number of ether oxygens (including phenoxy) is 1. The van der Waals surface area contributed by atoms with Crippen LogP contribution in [-0.4, -0.2) is 42.1 Å². The monoisotopic (exact) mass is 277 g/mol. The molecular formula is C15H23N3O2. The van der Waals surface area contributed by atoms with Gasteiger partial charge in [0.1, 0.15) is 0 Å². The number of hydrogen-bond acceptors (Lipinski definition) is 4. The molecule has 0 aromatic carbocycles. The molecule has 1 aromatic heterocycles. The predicted octanol–water partition coefficient (Wildman–Crippen LogP) is 1.50. The van der Waals surface area contributed by atoms with Crippen LogP contribution in [0.4, 0.5) is 0 Å². The van der Waals surface area contributed by atoms with E-state index in [-0.39, 0.29) is 11.9 Å². The maximum Gasteiger partial charge on any atom is 0.239 e. The van der Waals surface area contributed by atoms with Crippen molar-refractivity contribution in [2.45, 2.75) is 37.8 Å². The number of nitrogens with two attached hydrogens (primary N) is 1. The molecule has 1 aromatic rings. The van der Waals surface area contributed by atoms with Crippen LogP contribution < -0.4 is 5.73 Å². The summed E-state index contributed by atoms with van der Waals surface area (Å²) in [5, 5.41) is 0. The number of pyridine rings is 1. The standard InChI is InChI=1S/C15H23N3O2/c1-20-11-3-4-13(16)15(19)18-10-2-5-14(18)12-6-8-17-9-7-12/h6-9,13-14H,2-5,10-11,16H2,1H3. The van der Waals surface area contributed by atoms with Gasteiger partial charge in [0.05, 0.1) is 12.1 Å². The van der Waals surface area contributed by atoms with Gasteiger partial charge in [-0.05, 0) is 43.4 Å². The Hall–Kier alpha value is -1.46. The molecule has 0 spiro atoms. The van der Waals surface area contributed by atoms with E-state index in [1.165, 1.54) is 0 Å². The van der Waals surface area contributed by atoms with Gasteiger partial charge >= 0.3 is 0 Å². The normalized spacial score (nSPS) is 20.1. The second-order valence-electron chi connectivity index (χ2n) is 5.21. The third kappa shape index (κ3) is 3.55. The van der Waals surface area contributed by atoms with Gasteiger partial charge in [-0.15, -0.1) is 0 Å². The van der Waals surface area contributed by atoms with Gasteiger partial charge in [-0.2, -0.15) is 0 Å². The van der Waals surface area contributed by atoms with Crippen LogP contribution in [0.3, 0.4) is 0 Å². The highest BCUT2D eigenvalue weighted by molar-refractivity contribution is 5.82. The third-order valence-corrected chi connectivity index (χ3v) is 3.81. The van der Waals surface area contributed by atoms with Crippen molar-refractivity contribution >= 4 is 5.91 Å². The maximum atomic E-state index is 12.5. The topological polar surface area (TPSA) is 68.5 Å². The van der Waals surface area contributed by atoms with Crippen LogP contribution in [0.25, 0.3) is 0 Å². The van der Waals surface area contributed by atoms with E-state index in [1.807, 2.05) is 17.0 Å². The average Bonchev–Trinajstić information content (AvgIpc) is 2.97. The Morgan fingerprint density at radius 2 is 2.30 bits per heavy atom. The van der Waals surface area contributed by atoms with Crippen LogP contribution in [0, 0.1) is 0 Å². The Labute approximate surface area is 120 Å². The Balaban J connectivity index is 1.98. The van der Waals surface area contributed by atoms with Crippen LogP contribution in [0.1, 0.15) is 37.3 Å². The van der Waals surface area contributed by atoms with Crippen molar-refractivity contribution in [2.24, 2.45) is 5.73 Å². The third-order valence-electron chi connectivity index (χ3n) is 3.81. The Morgan fingerprint density at radius 3 is 3.00 bits per heavy atom. The molecule has 0 bridgehead atoms. The van der Waals surface area contributed by atoms with Crippen molar-refractivity contribution in [2.75, 3.05) is 20.3 Å². The molecule has 2 N–H and O–H groups in total. The minimum absolute atomic E-state index is 0.0559. The van der Waals surface area contributed by atoms with Crippen LogP contribution in [0.2, 0.25) is 0 Å².